The quantitative estimate of drug-likeness (QED) is 0.761. The molecular weight excluding hydrogens is 368 g/mol. The van der Waals surface area contributed by atoms with Gasteiger partial charge in [-0.2, -0.15) is 0 Å². The number of carbonyl (C=O) groups is 1. The summed E-state index contributed by atoms with van der Waals surface area (Å²) in [7, 11) is -3.19. The smallest absolute Gasteiger partial charge is 0.223 e. The van der Waals surface area contributed by atoms with Crippen LogP contribution in [0.3, 0.4) is 0 Å². The number of rotatable bonds is 7. The van der Waals surface area contributed by atoms with E-state index < -0.39 is 10.0 Å². The lowest BCUT2D eigenvalue weighted by Crippen LogP contribution is -2.43. The molecule has 2 aliphatic heterocycles. The van der Waals surface area contributed by atoms with Crippen molar-refractivity contribution >= 4 is 15.9 Å². The van der Waals surface area contributed by atoms with Gasteiger partial charge in [-0.25, -0.2) is 12.7 Å². The Kier molecular flexibility index (Phi) is 6.59. The largest absolute Gasteiger partial charge is 0.486 e. The summed E-state index contributed by atoms with van der Waals surface area (Å²) in [6, 6.07) is 5.65. The summed E-state index contributed by atoms with van der Waals surface area (Å²) in [4.78, 5) is 12.5. The number of ether oxygens (including phenoxy) is 2. The van der Waals surface area contributed by atoms with E-state index in [1.165, 1.54) is 4.31 Å². The second-order valence-electron chi connectivity index (χ2n) is 7.00. The van der Waals surface area contributed by atoms with Crippen LogP contribution in [-0.4, -0.2) is 50.7 Å². The number of sulfonamides is 1. The lowest BCUT2D eigenvalue weighted by atomic mass is 9.97. The molecule has 1 aromatic rings. The zero-order valence-electron chi connectivity index (χ0n) is 15.8. The molecular formula is C19H28N2O5S. The van der Waals surface area contributed by atoms with Crippen molar-refractivity contribution in [1.82, 2.24) is 9.62 Å². The molecule has 7 nitrogen and oxygen atoms in total. The van der Waals surface area contributed by atoms with Gasteiger partial charge in [-0.05, 0) is 25.3 Å². The third-order valence-corrected chi connectivity index (χ3v) is 7.03. The minimum Gasteiger partial charge on any atom is -0.486 e. The summed E-state index contributed by atoms with van der Waals surface area (Å²) in [5.41, 5.74) is 0.889. The van der Waals surface area contributed by atoms with Gasteiger partial charge in [0.05, 0.1) is 5.75 Å². The summed E-state index contributed by atoms with van der Waals surface area (Å²) in [5.74, 6) is 1.41. The van der Waals surface area contributed by atoms with E-state index in [4.69, 9.17) is 9.47 Å². The van der Waals surface area contributed by atoms with Gasteiger partial charge in [0.2, 0.25) is 15.9 Å². The Balaban J connectivity index is 1.51. The van der Waals surface area contributed by atoms with Crippen LogP contribution in [0.5, 0.6) is 11.5 Å². The Morgan fingerprint density at radius 2 is 1.96 bits per heavy atom. The number of hydrogen-bond acceptors (Lipinski definition) is 5. The van der Waals surface area contributed by atoms with Crippen LogP contribution in [0.4, 0.5) is 0 Å². The maximum absolute atomic E-state index is 12.5. The first kappa shape index (κ1) is 19.9. The van der Waals surface area contributed by atoms with Crippen molar-refractivity contribution in [1.29, 1.82) is 0 Å². The highest BCUT2D eigenvalue weighted by Crippen LogP contribution is 2.33. The van der Waals surface area contributed by atoms with Gasteiger partial charge < -0.3 is 14.8 Å². The molecule has 0 spiro atoms. The van der Waals surface area contributed by atoms with Gasteiger partial charge in [-0.15, -0.1) is 0 Å². The van der Waals surface area contributed by atoms with Crippen molar-refractivity contribution in [2.75, 3.05) is 32.1 Å². The van der Waals surface area contributed by atoms with E-state index in [1.807, 2.05) is 25.1 Å². The molecule has 0 aliphatic carbocycles. The molecule has 0 bridgehead atoms. The maximum atomic E-state index is 12.5. The average molecular weight is 397 g/mol. The minimum absolute atomic E-state index is 0.0325. The zero-order valence-corrected chi connectivity index (χ0v) is 16.6. The summed E-state index contributed by atoms with van der Waals surface area (Å²) in [6.45, 7) is 4.22. The predicted octanol–water partition coefficient (Wildman–Crippen LogP) is 1.92. The maximum Gasteiger partial charge on any atom is 0.223 e. The molecule has 0 unspecified atom stereocenters. The third kappa shape index (κ3) is 4.93. The standard InChI is InChI=1S/C19H28N2O5S/c1-2-3-13-27(23,24)21-9-7-15(8-10-21)19(22)20-14-16-5-4-6-17-18(16)26-12-11-25-17/h4-6,15H,2-3,7-14H2,1H3,(H,20,22). The molecule has 0 saturated carbocycles. The van der Waals surface area contributed by atoms with Gasteiger partial charge >= 0.3 is 0 Å². The van der Waals surface area contributed by atoms with Crippen molar-refractivity contribution in [3.05, 3.63) is 23.8 Å². The number of nitrogens with zero attached hydrogens (tertiary/aromatic N) is 1. The lowest BCUT2D eigenvalue weighted by Gasteiger charge is -2.30. The molecule has 2 heterocycles. The lowest BCUT2D eigenvalue weighted by molar-refractivity contribution is -0.126. The summed E-state index contributed by atoms with van der Waals surface area (Å²) >= 11 is 0. The number of piperidine rings is 1. The van der Waals surface area contributed by atoms with E-state index in [-0.39, 0.29) is 17.6 Å². The number of hydrogen-bond donors (Lipinski definition) is 1. The summed E-state index contributed by atoms with van der Waals surface area (Å²) in [6.07, 6.45) is 2.65. The van der Waals surface area contributed by atoms with Crippen LogP contribution in [0.2, 0.25) is 0 Å². The van der Waals surface area contributed by atoms with Crippen LogP contribution >= 0.6 is 0 Å². The van der Waals surface area contributed by atoms with Gasteiger partial charge in [0.25, 0.3) is 0 Å². The highest BCUT2D eigenvalue weighted by atomic mass is 32.2. The first-order valence-corrected chi connectivity index (χ1v) is 11.2. The van der Waals surface area contributed by atoms with Gasteiger partial charge in [0.15, 0.2) is 11.5 Å². The molecule has 8 heteroatoms. The first-order chi connectivity index (χ1) is 13.0. The van der Waals surface area contributed by atoms with Crippen molar-refractivity contribution in [2.24, 2.45) is 5.92 Å². The highest BCUT2D eigenvalue weighted by Gasteiger charge is 2.30. The number of amides is 1. The van der Waals surface area contributed by atoms with Gasteiger partial charge in [-0.3, -0.25) is 4.79 Å². The normalized spacial score (nSPS) is 18.3. The summed E-state index contributed by atoms with van der Waals surface area (Å²) < 4.78 is 37.3. The molecule has 0 aromatic heterocycles. The monoisotopic (exact) mass is 396 g/mol. The van der Waals surface area contributed by atoms with Gasteiger partial charge in [0, 0.05) is 31.1 Å². The number of para-hydroxylation sites is 1. The van der Waals surface area contributed by atoms with Crippen LogP contribution in [0.1, 0.15) is 38.2 Å². The number of benzene rings is 1. The molecule has 1 fully saturated rings. The van der Waals surface area contributed by atoms with Crippen molar-refractivity contribution < 1.29 is 22.7 Å². The highest BCUT2D eigenvalue weighted by molar-refractivity contribution is 7.89. The van der Waals surface area contributed by atoms with Crippen LogP contribution in [0.25, 0.3) is 0 Å². The summed E-state index contributed by atoms with van der Waals surface area (Å²) in [5, 5.41) is 2.96. The number of unbranched alkanes of at least 4 members (excludes halogenated alkanes) is 1. The van der Waals surface area contributed by atoms with E-state index in [2.05, 4.69) is 5.32 Å². The first-order valence-electron chi connectivity index (χ1n) is 9.64. The molecule has 2 aliphatic rings. The van der Waals surface area contributed by atoms with Crippen molar-refractivity contribution in [3.8, 4) is 11.5 Å². The predicted molar refractivity (Wildman–Crippen MR) is 102 cm³/mol. The third-order valence-electron chi connectivity index (χ3n) is 5.07. The Labute approximate surface area is 161 Å². The van der Waals surface area contributed by atoms with Crippen LogP contribution in [-0.2, 0) is 21.4 Å². The zero-order chi connectivity index (χ0) is 19.3. The molecule has 1 aromatic carbocycles. The van der Waals surface area contributed by atoms with Crippen molar-refractivity contribution in [3.63, 3.8) is 0 Å². The second-order valence-corrected chi connectivity index (χ2v) is 9.09. The molecule has 1 amide bonds. The average Bonchev–Trinajstić information content (AvgIpc) is 2.70. The Morgan fingerprint density at radius 3 is 2.70 bits per heavy atom. The molecule has 1 N–H and O–H groups in total. The fourth-order valence-electron chi connectivity index (χ4n) is 3.45. The van der Waals surface area contributed by atoms with Crippen LogP contribution < -0.4 is 14.8 Å². The van der Waals surface area contributed by atoms with Crippen molar-refractivity contribution in [2.45, 2.75) is 39.2 Å². The molecule has 1 saturated heterocycles. The fourth-order valence-corrected chi connectivity index (χ4v) is 5.13. The van der Waals surface area contributed by atoms with E-state index in [9.17, 15) is 13.2 Å². The van der Waals surface area contributed by atoms with Crippen LogP contribution in [0.15, 0.2) is 18.2 Å². The van der Waals surface area contributed by atoms with E-state index in [0.717, 1.165) is 12.0 Å². The second kappa shape index (κ2) is 8.93. The van der Waals surface area contributed by atoms with Crippen LogP contribution in [0, 0.1) is 5.92 Å². The SMILES string of the molecule is CCCCS(=O)(=O)N1CCC(C(=O)NCc2cccc3c2OCCO3)CC1. The van der Waals surface area contributed by atoms with Gasteiger partial charge in [-0.1, -0.05) is 25.5 Å². The molecule has 0 radical (unpaired) electrons. The Bertz CT molecular complexity index is 757. The molecule has 27 heavy (non-hydrogen) atoms. The Hall–Kier alpha value is -1.80. The topological polar surface area (TPSA) is 84.9 Å². The fraction of sp³-hybridized carbons (Fsp3) is 0.632. The number of carbonyl (C=O) groups excluding carboxylic acids is 1. The van der Waals surface area contributed by atoms with E-state index in [1.54, 1.807) is 0 Å². The van der Waals surface area contributed by atoms with E-state index >= 15 is 0 Å². The molecule has 150 valence electrons. The van der Waals surface area contributed by atoms with E-state index in [0.29, 0.717) is 63.6 Å². The molecule has 3 rings (SSSR count). The van der Waals surface area contributed by atoms with Gasteiger partial charge in [0.1, 0.15) is 13.2 Å². The number of fused-ring (bicyclic) bond motifs is 1. The minimum atomic E-state index is -3.19. The number of nitrogens with one attached hydrogen (secondary N) is 1. The molecule has 0 atom stereocenters. The Morgan fingerprint density at radius 1 is 1.22 bits per heavy atom.